The first-order valence-corrected chi connectivity index (χ1v) is 7.98. The number of carbonyl (C=O) groups is 1. The number of nitrogens with two attached hydrogens (primary N) is 1. The summed E-state index contributed by atoms with van der Waals surface area (Å²) in [7, 11) is 0. The van der Waals surface area contributed by atoms with Crippen molar-refractivity contribution in [2.24, 2.45) is 5.73 Å². The zero-order chi connectivity index (χ0) is 16.6. The van der Waals surface area contributed by atoms with Gasteiger partial charge < -0.3 is 10.5 Å². The summed E-state index contributed by atoms with van der Waals surface area (Å²) in [5.74, 6) is -1.94. The predicted molar refractivity (Wildman–Crippen MR) is 88.9 cm³/mol. The summed E-state index contributed by atoms with van der Waals surface area (Å²) in [5, 5.41) is 1.18. The average molecular weight is 371 g/mol. The maximum Gasteiger partial charge on any atom is 0.253 e. The number of thiazole rings is 1. The predicted octanol–water partition coefficient (Wildman–Crippen LogP) is 4.42. The van der Waals surface area contributed by atoms with Crippen molar-refractivity contribution in [2.75, 3.05) is 0 Å². The maximum absolute atomic E-state index is 14.2. The molecular formula is C15H9Cl2FN2O2S. The highest BCUT2D eigenvalue weighted by molar-refractivity contribution is 7.18. The molecule has 0 bridgehead atoms. The van der Waals surface area contributed by atoms with Crippen LogP contribution in [0.2, 0.25) is 10.0 Å². The Morgan fingerprint density at radius 3 is 2.83 bits per heavy atom. The van der Waals surface area contributed by atoms with Crippen LogP contribution in [-0.4, -0.2) is 10.9 Å². The second-order valence-electron chi connectivity index (χ2n) is 4.61. The Kier molecular flexibility index (Phi) is 4.39. The molecule has 0 aliphatic rings. The molecule has 2 N–H and O–H groups in total. The molecule has 1 heterocycles. The standard InChI is InChI=1S/C15H9Cl2FN2O2S/c16-7-1-4-11-9(5-7)20-12(23-11)6-22-10-3-2-8(17)13(14(10)18)15(19)21/h1-5H,6H2,(H2,19,21). The van der Waals surface area contributed by atoms with Crippen LogP contribution < -0.4 is 10.5 Å². The average Bonchev–Trinajstić information content (AvgIpc) is 2.88. The van der Waals surface area contributed by atoms with Gasteiger partial charge in [0.15, 0.2) is 11.6 Å². The lowest BCUT2D eigenvalue weighted by molar-refractivity contribution is 0.0995. The molecule has 0 spiro atoms. The van der Waals surface area contributed by atoms with E-state index in [0.717, 1.165) is 10.2 Å². The minimum Gasteiger partial charge on any atom is -0.483 e. The van der Waals surface area contributed by atoms with E-state index in [4.69, 9.17) is 33.7 Å². The van der Waals surface area contributed by atoms with Gasteiger partial charge in [0, 0.05) is 5.02 Å². The van der Waals surface area contributed by atoms with Gasteiger partial charge in [0.25, 0.3) is 5.91 Å². The second-order valence-corrected chi connectivity index (χ2v) is 6.57. The molecule has 0 saturated carbocycles. The Balaban J connectivity index is 1.85. The first kappa shape index (κ1) is 16.0. The van der Waals surface area contributed by atoms with Crippen molar-refractivity contribution < 1.29 is 13.9 Å². The fourth-order valence-electron chi connectivity index (χ4n) is 2.02. The van der Waals surface area contributed by atoms with Gasteiger partial charge in [-0.25, -0.2) is 9.37 Å². The molecule has 118 valence electrons. The number of hydrogen-bond acceptors (Lipinski definition) is 4. The van der Waals surface area contributed by atoms with E-state index in [1.807, 2.05) is 6.07 Å². The number of carbonyl (C=O) groups excluding carboxylic acids is 1. The van der Waals surface area contributed by atoms with Gasteiger partial charge in [0.05, 0.1) is 20.8 Å². The zero-order valence-corrected chi connectivity index (χ0v) is 13.8. The van der Waals surface area contributed by atoms with Gasteiger partial charge in [0.1, 0.15) is 11.6 Å². The third-order valence-corrected chi connectivity index (χ3v) is 4.61. The molecule has 0 fully saturated rings. The molecular weight excluding hydrogens is 362 g/mol. The van der Waals surface area contributed by atoms with Gasteiger partial charge in [-0.05, 0) is 30.3 Å². The van der Waals surface area contributed by atoms with Crippen LogP contribution in [0.25, 0.3) is 10.2 Å². The van der Waals surface area contributed by atoms with Crippen molar-refractivity contribution in [2.45, 2.75) is 6.61 Å². The molecule has 3 rings (SSSR count). The van der Waals surface area contributed by atoms with E-state index in [9.17, 15) is 9.18 Å². The number of rotatable bonds is 4. The molecule has 4 nitrogen and oxygen atoms in total. The minimum absolute atomic E-state index is 0.0493. The van der Waals surface area contributed by atoms with Gasteiger partial charge in [-0.3, -0.25) is 4.79 Å². The second kappa shape index (κ2) is 6.31. The molecule has 1 amide bonds. The molecule has 23 heavy (non-hydrogen) atoms. The van der Waals surface area contributed by atoms with Crippen LogP contribution in [0, 0.1) is 5.82 Å². The SMILES string of the molecule is NC(=O)c1c(Cl)ccc(OCc2nc3cc(Cl)ccc3s2)c1F. The molecule has 0 aliphatic carbocycles. The summed E-state index contributed by atoms with van der Waals surface area (Å²) in [5.41, 5.74) is 5.47. The first-order valence-electron chi connectivity index (χ1n) is 6.41. The van der Waals surface area contributed by atoms with Gasteiger partial charge >= 0.3 is 0 Å². The smallest absolute Gasteiger partial charge is 0.253 e. The molecule has 0 aliphatic heterocycles. The summed E-state index contributed by atoms with van der Waals surface area (Å²) in [6, 6.07) is 8.06. The Morgan fingerprint density at radius 2 is 2.09 bits per heavy atom. The molecule has 8 heteroatoms. The zero-order valence-electron chi connectivity index (χ0n) is 11.5. The summed E-state index contributed by atoms with van der Waals surface area (Å²) in [4.78, 5) is 15.6. The molecule has 0 atom stereocenters. The highest BCUT2D eigenvalue weighted by Crippen LogP contribution is 2.29. The normalized spacial score (nSPS) is 10.9. The van der Waals surface area contributed by atoms with Crippen molar-refractivity contribution >= 4 is 50.7 Å². The number of ether oxygens (including phenoxy) is 1. The highest BCUT2D eigenvalue weighted by atomic mass is 35.5. The van der Waals surface area contributed by atoms with Crippen LogP contribution in [0.3, 0.4) is 0 Å². The summed E-state index contributed by atoms with van der Waals surface area (Å²) >= 11 is 13.1. The Morgan fingerprint density at radius 1 is 1.30 bits per heavy atom. The quantitative estimate of drug-likeness (QED) is 0.738. The van der Waals surface area contributed by atoms with Crippen molar-refractivity contribution in [3.63, 3.8) is 0 Å². The van der Waals surface area contributed by atoms with Crippen LogP contribution in [0.5, 0.6) is 5.75 Å². The summed E-state index contributed by atoms with van der Waals surface area (Å²) in [6.07, 6.45) is 0. The van der Waals surface area contributed by atoms with Crippen LogP contribution in [0.1, 0.15) is 15.4 Å². The Hall–Kier alpha value is -1.89. The number of nitrogens with zero attached hydrogens (tertiary/aromatic N) is 1. The van der Waals surface area contributed by atoms with Crippen LogP contribution in [0.4, 0.5) is 4.39 Å². The maximum atomic E-state index is 14.2. The van der Waals surface area contributed by atoms with Crippen LogP contribution in [0.15, 0.2) is 30.3 Å². The lowest BCUT2D eigenvalue weighted by Gasteiger charge is -2.08. The topological polar surface area (TPSA) is 65.2 Å². The number of aromatic nitrogens is 1. The number of fused-ring (bicyclic) bond motifs is 1. The van der Waals surface area contributed by atoms with Crippen molar-refractivity contribution in [1.29, 1.82) is 0 Å². The first-order chi connectivity index (χ1) is 11.0. The monoisotopic (exact) mass is 370 g/mol. The number of halogens is 3. The van der Waals surface area contributed by atoms with E-state index in [1.54, 1.807) is 12.1 Å². The van der Waals surface area contributed by atoms with E-state index in [2.05, 4.69) is 4.98 Å². The molecule has 0 saturated heterocycles. The third kappa shape index (κ3) is 3.24. The van der Waals surface area contributed by atoms with E-state index >= 15 is 0 Å². The van der Waals surface area contributed by atoms with Crippen LogP contribution in [-0.2, 0) is 6.61 Å². The molecule has 2 aromatic carbocycles. The number of benzene rings is 2. The highest BCUT2D eigenvalue weighted by Gasteiger charge is 2.18. The van der Waals surface area contributed by atoms with E-state index in [-0.39, 0.29) is 22.9 Å². The van der Waals surface area contributed by atoms with Gasteiger partial charge in [-0.1, -0.05) is 23.2 Å². The summed E-state index contributed by atoms with van der Waals surface area (Å²) in [6.45, 7) is 0.0493. The van der Waals surface area contributed by atoms with Gasteiger partial charge in [-0.2, -0.15) is 0 Å². The van der Waals surface area contributed by atoms with E-state index < -0.39 is 11.7 Å². The summed E-state index contributed by atoms with van der Waals surface area (Å²) < 4.78 is 20.5. The van der Waals surface area contributed by atoms with Gasteiger partial charge in [-0.15, -0.1) is 11.3 Å². The number of amides is 1. The number of primary amides is 1. The fraction of sp³-hybridized carbons (Fsp3) is 0.0667. The fourth-order valence-corrected chi connectivity index (χ4v) is 3.29. The molecule has 0 radical (unpaired) electrons. The Labute approximate surface area is 144 Å². The van der Waals surface area contributed by atoms with Crippen molar-refractivity contribution in [3.8, 4) is 5.75 Å². The molecule has 3 aromatic rings. The van der Waals surface area contributed by atoms with Crippen molar-refractivity contribution in [1.82, 2.24) is 4.98 Å². The van der Waals surface area contributed by atoms with E-state index in [0.29, 0.717) is 10.0 Å². The van der Waals surface area contributed by atoms with Crippen LogP contribution >= 0.6 is 34.5 Å². The third-order valence-electron chi connectivity index (χ3n) is 3.05. The lowest BCUT2D eigenvalue weighted by Crippen LogP contribution is -2.14. The Bertz CT molecular complexity index is 914. The van der Waals surface area contributed by atoms with E-state index in [1.165, 1.54) is 23.5 Å². The molecule has 1 aromatic heterocycles. The van der Waals surface area contributed by atoms with Gasteiger partial charge in [0.2, 0.25) is 0 Å². The largest absolute Gasteiger partial charge is 0.483 e. The number of hydrogen-bond donors (Lipinski definition) is 1. The molecule has 0 unspecified atom stereocenters. The lowest BCUT2D eigenvalue weighted by atomic mass is 10.2. The minimum atomic E-state index is -0.951. The van der Waals surface area contributed by atoms with Crippen molar-refractivity contribution in [3.05, 3.63) is 56.8 Å².